The molecule has 1 aromatic heterocycles. The van der Waals surface area contributed by atoms with Crippen LogP contribution < -0.4 is 5.56 Å². The Morgan fingerprint density at radius 1 is 1.37 bits per heavy atom. The molecule has 0 saturated heterocycles. The standard InChI is InChI=1S/C13H9Cl2N3O/c1-8-17-12(15)5-13(19)18(8)7-10-3-2-9(6-16)4-11(10)14/h2-5H,7H2,1H3. The summed E-state index contributed by atoms with van der Waals surface area (Å²) in [5.41, 5.74) is 0.986. The first-order chi connectivity index (χ1) is 9.01. The van der Waals surface area contributed by atoms with Gasteiger partial charge in [-0.2, -0.15) is 5.26 Å². The van der Waals surface area contributed by atoms with Crippen LogP contribution in [0.4, 0.5) is 0 Å². The molecule has 2 aromatic rings. The average molecular weight is 294 g/mol. The maximum absolute atomic E-state index is 11.8. The lowest BCUT2D eigenvalue weighted by molar-refractivity contribution is 0.700. The van der Waals surface area contributed by atoms with Crippen molar-refractivity contribution in [3.05, 3.63) is 61.7 Å². The van der Waals surface area contributed by atoms with Crippen molar-refractivity contribution >= 4 is 23.2 Å². The molecule has 1 heterocycles. The summed E-state index contributed by atoms with van der Waals surface area (Å²) in [4.78, 5) is 15.9. The molecule has 0 bridgehead atoms. The van der Waals surface area contributed by atoms with Gasteiger partial charge in [0.05, 0.1) is 18.2 Å². The number of aromatic nitrogens is 2. The zero-order chi connectivity index (χ0) is 14.0. The summed E-state index contributed by atoms with van der Waals surface area (Å²) in [6.45, 7) is 1.99. The van der Waals surface area contributed by atoms with Gasteiger partial charge >= 0.3 is 0 Å². The third kappa shape index (κ3) is 2.95. The Morgan fingerprint density at radius 2 is 2.11 bits per heavy atom. The fraction of sp³-hybridized carbons (Fsp3) is 0.154. The van der Waals surface area contributed by atoms with E-state index in [1.807, 2.05) is 6.07 Å². The molecule has 0 amide bonds. The number of hydrogen-bond donors (Lipinski definition) is 0. The molecule has 0 aliphatic carbocycles. The summed E-state index contributed by atoms with van der Waals surface area (Å²) in [7, 11) is 0. The highest BCUT2D eigenvalue weighted by Gasteiger charge is 2.08. The second-order valence-electron chi connectivity index (χ2n) is 3.97. The van der Waals surface area contributed by atoms with Crippen LogP contribution in [0.25, 0.3) is 0 Å². The van der Waals surface area contributed by atoms with Crippen LogP contribution in [0.1, 0.15) is 17.0 Å². The molecule has 6 heteroatoms. The van der Waals surface area contributed by atoms with Gasteiger partial charge in [-0.05, 0) is 24.6 Å². The smallest absolute Gasteiger partial charge is 0.255 e. The number of rotatable bonds is 2. The molecule has 0 fully saturated rings. The van der Waals surface area contributed by atoms with Gasteiger partial charge < -0.3 is 0 Å². The van der Waals surface area contributed by atoms with Gasteiger partial charge in [-0.25, -0.2) is 4.98 Å². The highest BCUT2D eigenvalue weighted by Crippen LogP contribution is 2.18. The second-order valence-corrected chi connectivity index (χ2v) is 4.76. The van der Waals surface area contributed by atoms with Crippen LogP contribution in [0.3, 0.4) is 0 Å². The van der Waals surface area contributed by atoms with E-state index >= 15 is 0 Å². The Bertz CT molecular complexity index is 732. The second kappa shape index (κ2) is 5.43. The van der Waals surface area contributed by atoms with Crippen molar-refractivity contribution in [1.29, 1.82) is 5.26 Å². The molecule has 0 atom stereocenters. The number of benzene rings is 1. The third-order valence-corrected chi connectivity index (χ3v) is 3.22. The van der Waals surface area contributed by atoms with Crippen molar-refractivity contribution < 1.29 is 0 Å². The molecule has 0 unspecified atom stereocenters. The molecule has 2 rings (SSSR count). The minimum Gasteiger partial charge on any atom is -0.292 e. The van der Waals surface area contributed by atoms with Crippen molar-refractivity contribution in [1.82, 2.24) is 9.55 Å². The summed E-state index contributed by atoms with van der Waals surface area (Å²) < 4.78 is 1.47. The van der Waals surface area contributed by atoms with E-state index in [0.29, 0.717) is 23.0 Å². The molecule has 0 aliphatic rings. The number of nitriles is 1. The summed E-state index contributed by atoms with van der Waals surface area (Å²) in [6, 6.07) is 8.21. The molecule has 0 aliphatic heterocycles. The maximum Gasteiger partial charge on any atom is 0.255 e. The molecule has 1 aromatic carbocycles. The Hall–Kier alpha value is -1.83. The van der Waals surface area contributed by atoms with Gasteiger partial charge in [0.2, 0.25) is 0 Å². The van der Waals surface area contributed by atoms with Crippen LogP contribution in [0.2, 0.25) is 10.2 Å². The van der Waals surface area contributed by atoms with Crippen molar-refractivity contribution in [3.63, 3.8) is 0 Å². The predicted molar refractivity (Wildman–Crippen MR) is 73.5 cm³/mol. The Morgan fingerprint density at radius 3 is 2.68 bits per heavy atom. The summed E-state index contributed by atoms with van der Waals surface area (Å²) in [6.07, 6.45) is 0. The molecule has 0 radical (unpaired) electrons. The average Bonchev–Trinajstić information content (AvgIpc) is 2.35. The van der Waals surface area contributed by atoms with E-state index in [1.165, 1.54) is 10.6 Å². The molecule has 96 valence electrons. The number of aryl methyl sites for hydroxylation is 1. The number of hydrogen-bond acceptors (Lipinski definition) is 3. The highest BCUT2D eigenvalue weighted by molar-refractivity contribution is 6.31. The van der Waals surface area contributed by atoms with Crippen LogP contribution in [-0.4, -0.2) is 9.55 Å². The highest BCUT2D eigenvalue weighted by atomic mass is 35.5. The molecular formula is C13H9Cl2N3O. The van der Waals surface area contributed by atoms with Crippen molar-refractivity contribution in [2.75, 3.05) is 0 Å². The van der Waals surface area contributed by atoms with Crippen molar-refractivity contribution in [2.45, 2.75) is 13.5 Å². The lowest BCUT2D eigenvalue weighted by Gasteiger charge is -2.10. The van der Waals surface area contributed by atoms with E-state index in [2.05, 4.69) is 4.98 Å². The Kier molecular flexibility index (Phi) is 3.89. The Balaban J connectivity index is 2.43. The van der Waals surface area contributed by atoms with E-state index in [-0.39, 0.29) is 10.7 Å². The van der Waals surface area contributed by atoms with Gasteiger partial charge in [0.25, 0.3) is 5.56 Å². The fourth-order valence-electron chi connectivity index (χ4n) is 1.69. The largest absolute Gasteiger partial charge is 0.292 e. The number of halogens is 2. The van der Waals surface area contributed by atoms with Crippen LogP contribution in [0.15, 0.2) is 29.1 Å². The van der Waals surface area contributed by atoms with E-state index in [1.54, 1.807) is 25.1 Å². The predicted octanol–water partition coefficient (Wildman–Crippen LogP) is 2.78. The van der Waals surface area contributed by atoms with Crippen LogP contribution in [0, 0.1) is 18.3 Å². The summed E-state index contributed by atoms with van der Waals surface area (Å²) >= 11 is 11.8. The van der Waals surface area contributed by atoms with E-state index in [0.717, 1.165) is 5.56 Å². The minimum absolute atomic E-state index is 0.171. The monoisotopic (exact) mass is 293 g/mol. The molecule has 0 N–H and O–H groups in total. The lowest BCUT2D eigenvalue weighted by atomic mass is 10.1. The van der Waals surface area contributed by atoms with E-state index in [9.17, 15) is 4.79 Å². The summed E-state index contributed by atoms with van der Waals surface area (Å²) in [5, 5.41) is 9.39. The Labute approximate surface area is 119 Å². The first-order valence-electron chi connectivity index (χ1n) is 5.44. The first-order valence-corrected chi connectivity index (χ1v) is 6.19. The zero-order valence-electron chi connectivity index (χ0n) is 10.0. The van der Waals surface area contributed by atoms with Gasteiger partial charge in [-0.3, -0.25) is 9.36 Å². The van der Waals surface area contributed by atoms with E-state index < -0.39 is 0 Å². The first kappa shape index (κ1) is 13.6. The van der Waals surface area contributed by atoms with Gasteiger partial charge in [0.15, 0.2) is 0 Å². The summed E-state index contributed by atoms with van der Waals surface area (Å²) in [5.74, 6) is 0.512. The van der Waals surface area contributed by atoms with Gasteiger partial charge in [0, 0.05) is 11.1 Å². The topological polar surface area (TPSA) is 58.7 Å². The van der Waals surface area contributed by atoms with Crippen LogP contribution >= 0.6 is 23.2 Å². The molecule has 0 spiro atoms. The maximum atomic E-state index is 11.8. The molecule has 4 nitrogen and oxygen atoms in total. The molecule has 19 heavy (non-hydrogen) atoms. The SMILES string of the molecule is Cc1nc(Cl)cc(=O)n1Cc1ccc(C#N)cc1Cl. The van der Waals surface area contributed by atoms with Gasteiger partial charge in [0.1, 0.15) is 11.0 Å². The third-order valence-electron chi connectivity index (χ3n) is 2.68. The zero-order valence-corrected chi connectivity index (χ0v) is 11.5. The van der Waals surface area contributed by atoms with Gasteiger partial charge in [-0.15, -0.1) is 0 Å². The normalized spacial score (nSPS) is 10.2. The van der Waals surface area contributed by atoms with Crippen LogP contribution in [0.5, 0.6) is 0 Å². The minimum atomic E-state index is -0.238. The molecule has 0 saturated carbocycles. The quantitative estimate of drug-likeness (QED) is 0.800. The van der Waals surface area contributed by atoms with Crippen molar-refractivity contribution in [2.24, 2.45) is 0 Å². The van der Waals surface area contributed by atoms with E-state index in [4.69, 9.17) is 28.5 Å². The molecular weight excluding hydrogens is 285 g/mol. The van der Waals surface area contributed by atoms with Crippen molar-refractivity contribution in [3.8, 4) is 6.07 Å². The van der Waals surface area contributed by atoms with Crippen LogP contribution in [-0.2, 0) is 6.54 Å². The lowest BCUT2D eigenvalue weighted by Crippen LogP contribution is -2.23. The fourth-order valence-corrected chi connectivity index (χ4v) is 2.15. The van der Waals surface area contributed by atoms with Gasteiger partial charge in [-0.1, -0.05) is 29.3 Å². The number of nitrogens with zero attached hydrogens (tertiary/aromatic N) is 3.